The first kappa shape index (κ1) is 14.5. The number of nitrogens with one attached hydrogen (secondary N) is 1. The number of rotatable bonds is 5. The lowest BCUT2D eigenvalue weighted by Gasteiger charge is -2.43. The van der Waals surface area contributed by atoms with E-state index in [4.69, 9.17) is 4.74 Å². The highest BCUT2D eigenvalue weighted by atomic mass is 19.1. The highest BCUT2D eigenvalue weighted by Gasteiger charge is 2.39. The van der Waals surface area contributed by atoms with Gasteiger partial charge in [-0.3, -0.25) is 0 Å². The Hall–Kier alpha value is -0.930. The van der Waals surface area contributed by atoms with Crippen molar-refractivity contribution in [3.63, 3.8) is 0 Å². The fourth-order valence-electron chi connectivity index (χ4n) is 3.00. The largest absolute Gasteiger partial charge is 0.378 e. The van der Waals surface area contributed by atoms with E-state index >= 15 is 0 Å². The van der Waals surface area contributed by atoms with Gasteiger partial charge in [0.15, 0.2) is 0 Å². The summed E-state index contributed by atoms with van der Waals surface area (Å²) in [5.74, 6) is -0.0938. The maximum Gasteiger partial charge on any atom is 0.129 e. The maximum absolute atomic E-state index is 13.7. The van der Waals surface area contributed by atoms with Gasteiger partial charge in [0.25, 0.3) is 0 Å². The SMILES string of the molecule is CNC(CC1(OC)CCC1)c1cc(C)c(F)c(C)c1. The Balaban J connectivity index is 2.22. The molecule has 1 atom stereocenters. The van der Waals surface area contributed by atoms with Crippen molar-refractivity contribution in [2.75, 3.05) is 14.2 Å². The molecule has 106 valence electrons. The van der Waals surface area contributed by atoms with Crippen LogP contribution in [0.1, 0.15) is 48.4 Å². The molecular weight excluding hydrogens is 241 g/mol. The second-order valence-corrected chi connectivity index (χ2v) is 5.75. The summed E-state index contributed by atoms with van der Waals surface area (Å²) in [6, 6.07) is 4.12. The number of hydrogen-bond donors (Lipinski definition) is 1. The molecule has 0 radical (unpaired) electrons. The van der Waals surface area contributed by atoms with Gasteiger partial charge in [0.1, 0.15) is 5.82 Å². The van der Waals surface area contributed by atoms with Crippen molar-refractivity contribution in [1.82, 2.24) is 5.32 Å². The molecule has 1 fully saturated rings. The molecule has 1 aliphatic rings. The lowest BCUT2D eigenvalue weighted by Crippen LogP contribution is -2.42. The van der Waals surface area contributed by atoms with E-state index < -0.39 is 0 Å². The van der Waals surface area contributed by atoms with E-state index in [0.717, 1.165) is 36.0 Å². The van der Waals surface area contributed by atoms with E-state index in [2.05, 4.69) is 5.32 Å². The van der Waals surface area contributed by atoms with Crippen LogP contribution in [0, 0.1) is 19.7 Å². The second-order valence-electron chi connectivity index (χ2n) is 5.75. The number of aryl methyl sites for hydroxylation is 2. The summed E-state index contributed by atoms with van der Waals surface area (Å²) >= 11 is 0. The van der Waals surface area contributed by atoms with Gasteiger partial charge in [-0.1, -0.05) is 12.1 Å². The van der Waals surface area contributed by atoms with Gasteiger partial charge in [-0.2, -0.15) is 0 Å². The molecule has 0 heterocycles. The van der Waals surface area contributed by atoms with Crippen molar-refractivity contribution in [2.45, 2.75) is 51.2 Å². The zero-order valence-corrected chi connectivity index (χ0v) is 12.3. The van der Waals surface area contributed by atoms with Crippen molar-refractivity contribution in [2.24, 2.45) is 0 Å². The van der Waals surface area contributed by atoms with Crippen LogP contribution in [0.15, 0.2) is 12.1 Å². The van der Waals surface area contributed by atoms with E-state index in [0.29, 0.717) is 0 Å². The summed E-state index contributed by atoms with van der Waals surface area (Å²) in [5.41, 5.74) is 2.61. The normalized spacial score (nSPS) is 19.0. The second kappa shape index (κ2) is 5.59. The smallest absolute Gasteiger partial charge is 0.129 e. The van der Waals surface area contributed by atoms with Crippen LogP contribution in [0.25, 0.3) is 0 Å². The van der Waals surface area contributed by atoms with Gasteiger partial charge in [-0.05, 0) is 63.3 Å². The molecule has 2 nitrogen and oxygen atoms in total. The van der Waals surface area contributed by atoms with E-state index in [1.165, 1.54) is 6.42 Å². The van der Waals surface area contributed by atoms with Gasteiger partial charge < -0.3 is 10.1 Å². The van der Waals surface area contributed by atoms with Crippen LogP contribution in [0.2, 0.25) is 0 Å². The molecule has 1 unspecified atom stereocenters. The minimum Gasteiger partial charge on any atom is -0.378 e. The highest BCUT2D eigenvalue weighted by Crippen LogP contribution is 2.42. The summed E-state index contributed by atoms with van der Waals surface area (Å²) < 4.78 is 19.4. The number of ether oxygens (including phenoxy) is 1. The van der Waals surface area contributed by atoms with Crippen LogP contribution >= 0.6 is 0 Å². The molecule has 2 rings (SSSR count). The van der Waals surface area contributed by atoms with Crippen LogP contribution in [0.5, 0.6) is 0 Å². The van der Waals surface area contributed by atoms with E-state index in [9.17, 15) is 4.39 Å². The first-order chi connectivity index (χ1) is 9.01. The van der Waals surface area contributed by atoms with E-state index in [-0.39, 0.29) is 17.5 Å². The fraction of sp³-hybridized carbons (Fsp3) is 0.625. The minimum absolute atomic E-state index is 0.0177. The molecule has 0 amide bonds. The third kappa shape index (κ3) is 2.82. The summed E-state index contributed by atoms with van der Waals surface area (Å²) in [6.45, 7) is 3.65. The third-order valence-corrected chi connectivity index (χ3v) is 4.48. The summed E-state index contributed by atoms with van der Waals surface area (Å²) in [7, 11) is 3.76. The zero-order chi connectivity index (χ0) is 14.0. The number of methoxy groups -OCH3 is 1. The molecule has 1 aromatic carbocycles. The van der Waals surface area contributed by atoms with Crippen LogP contribution in [0.3, 0.4) is 0 Å². The van der Waals surface area contributed by atoms with Crippen LogP contribution in [-0.4, -0.2) is 19.8 Å². The summed E-state index contributed by atoms with van der Waals surface area (Å²) in [6.07, 6.45) is 4.44. The number of halogens is 1. The van der Waals surface area contributed by atoms with Crippen molar-refractivity contribution >= 4 is 0 Å². The van der Waals surface area contributed by atoms with Gasteiger partial charge in [0.2, 0.25) is 0 Å². The fourth-order valence-corrected chi connectivity index (χ4v) is 3.00. The first-order valence-electron chi connectivity index (χ1n) is 7.00. The van der Waals surface area contributed by atoms with Gasteiger partial charge in [0.05, 0.1) is 5.60 Å². The molecule has 0 aromatic heterocycles. The summed E-state index contributed by atoms with van der Waals surface area (Å²) in [4.78, 5) is 0. The quantitative estimate of drug-likeness (QED) is 0.877. The van der Waals surface area contributed by atoms with Crippen molar-refractivity contribution in [3.8, 4) is 0 Å². The van der Waals surface area contributed by atoms with Gasteiger partial charge >= 0.3 is 0 Å². The van der Waals surface area contributed by atoms with Crippen LogP contribution in [-0.2, 0) is 4.74 Å². The van der Waals surface area contributed by atoms with Gasteiger partial charge in [-0.25, -0.2) is 4.39 Å². The van der Waals surface area contributed by atoms with Crippen molar-refractivity contribution in [1.29, 1.82) is 0 Å². The lowest BCUT2D eigenvalue weighted by atomic mass is 9.74. The molecule has 3 heteroatoms. The number of hydrogen-bond acceptors (Lipinski definition) is 2. The highest BCUT2D eigenvalue weighted by molar-refractivity contribution is 5.32. The molecule has 1 saturated carbocycles. The standard InChI is InChI=1S/C16H24FNO/c1-11-8-13(9-12(2)15(11)17)14(18-3)10-16(19-4)6-5-7-16/h8-9,14,18H,5-7,10H2,1-4H3. The molecule has 1 aromatic rings. The van der Waals surface area contributed by atoms with Gasteiger partial charge in [0, 0.05) is 13.2 Å². The van der Waals surface area contributed by atoms with E-state index in [1.807, 2.05) is 33.0 Å². The Bertz CT molecular complexity index is 426. The topological polar surface area (TPSA) is 21.3 Å². The molecule has 0 bridgehead atoms. The molecule has 19 heavy (non-hydrogen) atoms. The minimum atomic E-state index is -0.0938. The molecule has 0 spiro atoms. The van der Waals surface area contributed by atoms with Crippen molar-refractivity contribution < 1.29 is 9.13 Å². The Labute approximate surface area is 115 Å². The average molecular weight is 265 g/mol. The predicted molar refractivity (Wildman–Crippen MR) is 75.9 cm³/mol. The molecule has 0 aliphatic heterocycles. The molecular formula is C16H24FNO. The molecule has 0 saturated heterocycles. The first-order valence-corrected chi connectivity index (χ1v) is 7.00. The molecule has 1 N–H and O–H groups in total. The zero-order valence-electron chi connectivity index (χ0n) is 12.3. The Morgan fingerprint density at radius 3 is 2.26 bits per heavy atom. The Kier molecular flexibility index (Phi) is 4.26. The van der Waals surface area contributed by atoms with Crippen LogP contribution < -0.4 is 5.32 Å². The molecule has 1 aliphatic carbocycles. The predicted octanol–water partition coefficient (Wildman–Crippen LogP) is 3.66. The van der Waals surface area contributed by atoms with Crippen molar-refractivity contribution in [3.05, 3.63) is 34.6 Å². The number of benzene rings is 1. The average Bonchev–Trinajstić information content (AvgIpc) is 2.35. The Morgan fingerprint density at radius 1 is 1.32 bits per heavy atom. The summed E-state index contributed by atoms with van der Waals surface area (Å²) in [5, 5.41) is 3.35. The van der Waals surface area contributed by atoms with E-state index in [1.54, 1.807) is 7.11 Å². The monoisotopic (exact) mass is 265 g/mol. The Morgan fingerprint density at radius 2 is 1.89 bits per heavy atom. The third-order valence-electron chi connectivity index (χ3n) is 4.48. The lowest BCUT2D eigenvalue weighted by molar-refractivity contribution is -0.0834. The van der Waals surface area contributed by atoms with Gasteiger partial charge in [-0.15, -0.1) is 0 Å². The maximum atomic E-state index is 13.7. The van der Waals surface area contributed by atoms with Crippen LogP contribution in [0.4, 0.5) is 4.39 Å².